The van der Waals surface area contributed by atoms with Crippen LogP contribution in [-0.4, -0.2) is 12.5 Å². The van der Waals surface area contributed by atoms with Gasteiger partial charge in [0.2, 0.25) is 5.91 Å². The van der Waals surface area contributed by atoms with Crippen LogP contribution in [0.5, 0.6) is 0 Å². The molecule has 0 radical (unpaired) electrons. The third-order valence-corrected chi connectivity index (χ3v) is 0.617. The van der Waals surface area contributed by atoms with Crippen molar-refractivity contribution in [3.8, 4) is 0 Å². The Morgan fingerprint density at radius 1 is 1.71 bits per heavy atom. The molecule has 0 bridgehead atoms. The molecule has 0 unspecified atom stereocenters. The topological polar surface area (TPSA) is 73.3 Å². The highest BCUT2D eigenvalue weighted by molar-refractivity contribution is 5.76. The van der Waals surface area contributed by atoms with Crippen molar-refractivity contribution in [3.05, 3.63) is 0 Å². The molecule has 4 nitrogen and oxygen atoms in total. The molecule has 1 aliphatic rings. The zero-order chi connectivity index (χ0) is 4.41. The summed E-state index contributed by atoms with van der Waals surface area (Å²) in [5, 5.41) is 0. The van der Waals surface area contributed by atoms with Crippen molar-refractivity contribution in [3.63, 3.8) is 0 Å². The van der Waals surface area contributed by atoms with E-state index < -0.39 is 0 Å². The van der Waals surface area contributed by atoms with Crippen LogP contribution in [0.15, 0.2) is 0 Å². The summed E-state index contributed by atoms with van der Waals surface area (Å²) < 4.78 is 0. The first-order valence-corrected chi connectivity index (χ1v) is 1.80. The summed E-state index contributed by atoms with van der Waals surface area (Å²) in [4.78, 5) is 14.5. The van der Waals surface area contributed by atoms with Crippen LogP contribution in [-0.2, 0) is 9.63 Å². The average molecular weight is 104 g/mol. The van der Waals surface area contributed by atoms with Crippen molar-refractivity contribution < 1.29 is 9.63 Å². The van der Waals surface area contributed by atoms with Gasteiger partial charge in [-0.2, -0.15) is 0 Å². The number of carbonyl (C=O) groups excluding carboxylic acids is 1. The Balaban J connectivity index is 0.000000360. The van der Waals surface area contributed by atoms with Gasteiger partial charge in [-0.3, -0.25) is 9.63 Å². The van der Waals surface area contributed by atoms with E-state index in [1.54, 1.807) is 0 Å². The number of amides is 1. The fourth-order valence-electron chi connectivity index (χ4n) is 0.326. The molecule has 4 N–H and O–H groups in total. The van der Waals surface area contributed by atoms with Gasteiger partial charge in [0.1, 0.15) is 0 Å². The van der Waals surface area contributed by atoms with Crippen LogP contribution in [0.4, 0.5) is 0 Å². The largest absolute Gasteiger partial charge is 0.344 e. The standard InChI is InChI=1S/C3H5NO2.H3N/c5-3-1-2-6-4-3;/h1-2H2,(H,4,5);1H3. The van der Waals surface area contributed by atoms with Crippen molar-refractivity contribution in [1.29, 1.82) is 0 Å². The predicted octanol–water partition coefficient (Wildman–Crippen LogP) is -0.400. The molecule has 7 heavy (non-hydrogen) atoms. The van der Waals surface area contributed by atoms with E-state index in [2.05, 4.69) is 10.3 Å². The normalized spacial score (nSPS) is 18.0. The summed E-state index contributed by atoms with van der Waals surface area (Å²) in [5.41, 5.74) is 2.18. The highest BCUT2D eigenvalue weighted by Gasteiger charge is 2.06. The van der Waals surface area contributed by atoms with E-state index in [4.69, 9.17) is 0 Å². The maximum absolute atomic E-state index is 10.0. The van der Waals surface area contributed by atoms with Crippen molar-refractivity contribution in [1.82, 2.24) is 11.6 Å². The van der Waals surface area contributed by atoms with Gasteiger partial charge in [-0.05, 0) is 0 Å². The van der Waals surface area contributed by atoms with E-state index in [9.17, 15) is 4.79 Å². The van der Waals surface area contributed by atoms with E-state index in [1.165, 1.54) is 0 Å². The van der Waals surface area contributed by atoms with Crippen LogP contribution >= 0.6 is 0 Å². The van der Waals surface area contributed by atoms with Crippen molar-refractivity contribution >= 4 is 5.91 Å². The number of hydroxylamine groups is 1. The molecule has 1 amide bonds. The molecule has 42 valence electrons. The Bertz CT molecular complexity index is 65.3. The van der Waals surface area contributed by atoms with E-state index in [0.29, 0.717) is 13.0 Å². The molecular weight excluding hydrogens is 96.0 g/mol. The second-order valence-electron chi connectivity index (χ2n) is 1.12. The third-order valence-electron chi connectivity index (χ3n) is 0.617. The zero-order valence-electron chi connectivity index (χ0n) is 3.94. The first-order valence-electron chi connectivity index (χ1n) is 1.80. The van der Waals surface area contributed by atoms with Crippen LogP contribution in [0.3, 0.4) is 0 Å². The predicted molar refractivity (Wildman–Crippen MR) is 23.7 cm³/mol. The van der Waals surface area contributed by atoms with Crippen LogP contribution in [0.1, 0.15) is 6.42 Å². The second kappa shape index (κ2) is 2.54. The molecule has 1 heterocycles. The van der Waals surface area contributed by atoms with Gasteiger partial charge in [0.25, 0.3) is 0 Å². The number of nitrogens with one attached hydrogen (secondary N) is 1. The lowest BCUT2D eigenvalue weighted by atomic mass is 10.5. The number of rotatable bonds is 0. The summed E-state index contributed by atoms with van der Waals surface area (Å²) >= 11 is 0. The Morgan fingerprint density at radius 3 is 2.57 bits per heavy atom. The molecule has 0 saturated carbocycles. The molecule has 4 heteroatoms. The van der Waals surface area contributed by atoms with Crippen LogP contribution in [0, 0.1) is 0 Å². The average Bonchev–Trinajstić information content (AvgIpc) is 1.86. The number of carbonyl (C=O) groups is 1. The molecule has 0 atom stereocenters. The van der Waals surface area contributed by atoms with E-state index in [0.717, 1.165) is 0 Å². The summed E-state index contributed by atoms with van der Waals surface area (Å²) in [7, 11) is 0. The van der Waals surface area contributed by atoms with Gasteiger partial charge in [0.05, 0.1) is 13.0 Å². The van der Waals surface area contributed by atoms with Gasteiger partial charge in [0.15, 0.2) is 0 Å². The molecule has 1 aliphatic heterocycles. The van der Waals surface area contributed by atoms with Gasteiger partial charge in [-0.15, -0.1) is 0 Å². The Morgan fingerprint density at radius 2 is 2.43 bits per heavy atom. The van der Waals surface area contributed by atoms with Gasteiger partial charge in [0, 0.05) is 0 Å². The third kappa shape index (κ3) is 1.52. The van der Waals surface area contributed by atoms with Gasteiger partial charge in [-0.25, -0.2) is 5.48 Å². The van der Waals surface area contributed by atoms with Crippen molar-refractivity contribution in [2.45, 2.75) is 6.42 Å². The lowest BCUT2D eigenvalue weighted by Gasteiger charge is -1.81. The fourth-order valence-corrected chi connectivity index (χ4v) is 0.326. The zero-order valence-corrected chi connectivity index (χ0v) is 3.94. The van der Waals surface area contributed by atoms with E-state index in [-0.39, 0.29) is 12.1 Å². The van der Waals surface area contributed by atoms with E-state index in [1.807, 2.05) is 0 Å². The molecule has 0 spiro atoms. The molecule has 0 aromatic heterocycles. The molecule has 0 aromatic rings. The van der Waals surface area contributed by atoms with Gasteiger partial charge in [-0.1, -0.05) is 0 Å². The fraction of sp³-hybridized carbons (Fsp3) is 0.667. The van der Waals surface area contributed by atoms with Crippen LogP contribution < -0.4 is 11.6 Å². The lowest BCUT2D eigenvalue weighted by Crippen LogP contribution is -2.10. The second-order valence-corrected chi connectivity index (χ2v) is 1.12. The first kappa shape index (κ1) is 6.39. The summed E-state index contributed by atoms with van der Waals surface area (Å²) in [5.74, 6) is -0.0185. The van der Waals surface area contributed by atoms with Crippen molar-refractivity contribution in [2.24, 2.45) is 0 Å². The highest BCUT2D eigenvalue weighted by Crippen LogP contribution is 1.87. The minimum Gasteiger partial charge on any atom is -0.344 e. The molecule has 1 rings (SSSR count). The maximum atomic E-state index is 10.0. The number of hydrogen-bond acceptors (Lipinski definition) is 3. The maximum Gasteiger partial charge on any atom is 0.245 e. The molecule has 0 aliphatic carbocycles. The van der Waals surface area contributed by atoms with E-state index >= 15 is 0 Å². The smallest absolute Gasteiger partial charge is 0.245 e. The number of hydrogen-bond donors (Lipinski definition) is 2. The molecule has 1 fully saturated rings. The summed E-state index contributed by atoms with van der Waals surface area (Å²) in [6, 6.07) is 0. The minimum absolute atomic E-state index is 0. The van der Waals surface area contributed by atoms with Crippen LogP contribution in [0.25, 0.3) is 0 Å². The highest BCUT2D eigenvalue weighted by atomic mass is 16.7. The molecule has 0 aromatic carbocycles. The van der Waals surface area contributed by atoms with Gasteiger partial charge < -0.3 is 6.15 Å². The Labute approximate surface area is 41.4 Å². The lowest BCUT2D eigenvalue weighted by molar-refractivity contribution is -0.124. The molecular formula is C3H8N2O2. The summed E-state index contributed by atoms with van der Waals surface area (Å²) in [6.07, 6.45) is 0.514. The van der Waals surface area contributed by atoms with Crippen LogP contribution in [0.2, 0.25) is 0 Å². The Kier molecular flexibility index (Phi) is 2.32. The quantitative estimate of drug-likeness (QED) is 0.439. The molecule has 1 saturated heterocycles. The van der Waals surface area contributed by atoms with Gasteiger partial charge >= 0.3 is 0 Å². The first-order chi connectivity index (χ1) is 2.89. The van der Waals surface area contributed by atoms with Crippen molar-refractivity contribution in [2.75, 3.05) is 6.61 Å². The SMILES string of the molecule is N.O=C1CCON1. The monoisotopic (exact) mass is 104 g/mol. The summed E-state index contributed by atoms with van der Waals surface area (Å²) in [6.45, 7) is 0.527. The minimum atomic E-state index is -0.0185. The Hall–Kier alpha value is -0.610.